The molecule has 0 bridgehead atoms. The number of piperidine rings is 1. The van der Waals surface area contributed by atoms with E-state index in [1.807, 2.05) is 11.3 Å². The molecule has 0 saturated carbocycles. The topological polar surface area (TPSA) is 21.3 Å². The average Bonchev–Trinajstić information content (AvgIpc) is 2.61. The molecule has 1 N–H and O–H groups in total. The minimum atomic E-state index is 0.713. The Kier molecular flexibility index (Phi) is 3.08. The van der Waals surface area contributed by atoms with Gasteiger partial charge in [0.2, 0.25) is 0 Å². The molecular formula is C11H17NOS. The monoisotopic (exact) mass is 211 g/mol. The van der Waals surface area contributed by atoms with Crippen LogP contribution in [0.3, 0.4) is 0 Å². The Labute approximate surface area is 89.3 Å². The van der Waals surface area contributed by atoms with Crippen molar-refractivity contribution < 1.29 is 4.74 Å². The summed E-state index contributed by atoms with van der Waals surface area (Å²) in [5.41, 5.74) is 0. The highest BCUT2D eigenvalue weighted by atomic mass is 32.1. The van der Waals surface area contributed by atoms with Gasteiger partial charge in [-0.1, -0.05) is 0 Å². The van der Waals surface area contributed by atoms with E-state index in [9.17, 15) is 0 Å². The van der Waals surface area contributed by atoms with Crippen LogP contribution in [0.1, 0.15) is 28.5 Å². The Morgan fingerprint density at radius 3 is 2.79 bits per heavy atom. The lowest BCUT2D eigenvalue weighted by atomic mass is 9.96. The van der Waals surface area contributed by atoms with Crippen LogP contribution in [0.2, 0.25) is 0 Å². The van der Waals surface area contributed by atoms with E-state index in [4.69, 9.17) is 4.74 Å². The second-order valence-corrected chi connectivity index (χ2v) is 5.10. The molecule has 1 fully saturated rings. The van der Waals surface area contributed by atoms with E-state index in [-0.39, 0.29) is 0 Å². The Hall–Kier alpha value is -0.540. The first-order valence-electron chi connectivity index (χ1n) is 5.16. The van der Waals surface area contributed by atoms with E-state index in [0.717, 1.165) is 18.8 Å². The van der Waals surface area contributed by atoms with E-state index in [1.165, 1.54) is 22.6 Å². The molecule has 0 aliphatic carbocycles. The van der Waals surface area contributed by atoms with Crippen LogP contribution >= 0.6 is 11.3 Å². The van der Waals surface area contributed by atoms with E-state index >= 15 is 0 Å². The van der Waals surface area contributed by atoms with Gasteiger partial charge in [0.05, 0.1) is 7.11 Å². The van der Waals surface area contributed by atoms with Crippen molar-refractivity contribution in [1.82, 2.24) is 5.32 Å². The third kappa shape index (κ3) is 1.93. The lowest BCUT2D eigenvalue weighted by Crippen LogP contribution is -2.26. The Balaban J connectivity index is 2.20. The first-order chi connectivity index (χ1) is 6.81. The summed E-state index contributed by atoms with van der Waals surface area (Å²) in [7, 11) is 1.77. The van der Waals surface area contributed by atoms with E-state index in [0.29, 0.717) is 5.92 Å². The number of hydrogen-bond acceptors (Lipinski definition) is 3. The van der Waals surface area contributed by atoms with E-state index in [1.54, 1.807) is 7.11 Å². The van der Waals surface area contributed by atoms with Gasteiger partial charge in [-0.3, -0.25) is 0 Å². The molecule has 1 aliphatic heterocycles. The van der Waals surface area contributed by atoms with Gasteiger partial charge < -0.3 is 10.1 Å². The third-order valence-corrected chi connectivity index (χ3v) is 3.97. The highest BCUT2D eigenvalue weighted by molar-refractivity contribution is 7.12. The van der Waals surface area contributed by atoms with Crippen LogP contribution in [-0.4, -0.2) is 20.2 Å². The molecule has 0 unspecified atom stereocenters. The molecule has 0 radical (unpaired) electrons. The normalized spacial score (nSPS) is 18.4. The quantitative estimate of drug-likeness (QED) is 0.811. The molecule has 1 aromatic rings. The zero-order chi connectivity index (χ0) is 9.97. The average molecular weight is 211 g/mol. The Morgan fingerprint density at radius 1 is 1.43 bits per heavy atom. The molecule has 2 heterocycles. The van der Waals surface area contributed by atoms with Crippen LogP contribution in [0.25, 0.3) is 0 Å². The SMILES string of the molecule is COc1cc(C)sc1C1CCNCC1. The standard InChI is InChI=1S/C11H17NOS/c1-8-7-10(13-2)11(14-8)9-3-5-12-6-4-9/h7,9,12H,3-6H2,1-2H3. The predicted molar refractivity (Wildman–Crippen MR) is 60.5 cm³/mol. The van der Waals surface area contributed by atoms with Gasteiger partial charge in [0.15, 0.2) is 0 Å². The number of ether oxygens (including phenoxy) is 1. The number of nitrogens with one attached hydrogen (secondary N) is 1. The van der Waals surface area contributed by atoms with Crippen LogP contribution < -0.4 is 10.1 Å². The number of methoxy groups -OCH3 is 1. The minimum absolute atomic E-state index is 0.713. The Bertz CT molecular complexity index is 302. The van der Waals surface area contributed by atoms with Crippen molar-refractivity contribution in [1.29, 1.82) is 0 Å². The maximum Gasteiger partial charge on any atom is 0.133 e. The summed E-state index contributed by atoms with van der Waals surface area (Å²) in [6.07, 6.45) is 2.49. The number of hydrogen-bond donors (Lipinski definition) is 1. The minimum Gasteiger partial charge on any atom is -0.496 e. The van der Waals surface area contributed by atoms with Gasteiger partial charge in [0, 0.05) is 9.75 Å². The summed E-state index contributed by atoms with van der Waals surface area (Å²) in [4.78, 5) is 2.81. The van der Waals surface area contributed by atoms with E-state index < -0.39 is 0 Å². The molecule has 1 aliphatic rings. The summed E-state index contributed by atoms with van der Waals surface area (Å²) in [6.45, 7) is 4.44. The number of rotatable bonds is 2. The van der Waals surface area contributed by atoms with Gasteiger partial charge in [0.1, 0.15) is 5.75 Å². The highest BCUT2D eigenvalue weighted by Gasteiger charge is 2.20. The van der Waals surface area contributed by atoms with Crippen molar-refractivity contribution in [2.24, 2.45) is 0 Å². The van der Waals surface area contributed by atoms with Crippen molar-refractivity contribution in [2.75, 3.05) is 20.2 Å². The van der Waals surface area contributed by atoms with Crippen LogP contribution in [0, 0.1) is 6.92 Å². The maximum atomic E-state index is 5.41. The van der Waals surface area contributed by atoms with Gasteiger partial charge in [-0.05, 0) is 44.8 Å². The summed E-state index contributed by atoms with van der Waals surface area (Å²) < 4.78 is 5.41. The van der Waals surface area contributed by atoms with Crippen molar-refractivity contribution >= 4 is 11.3 Å². The first kappa shape index (κ1) is 9.99. The smallest absolute Gasteiger partial charge is 0.133 e. The molecule has 3 heteroatoms. The van der Waals surface area contributed by atoms with Gasteiger partial charge in [0.25, 0.3) is 0 Å². The van der Waals surface area contributed by atoms with Gasteiger partial charge >= 0.3 is 0 Å². The van der Waals surface area contributed by atoms with Crippen molar-refractivity contribution in [3.05, 3.63) is 15.8 Å². The molecular weight excluding hydrogens is 194 g/mol. The number of thiophene rings is 1. The summed E-state index contributed by atoms with van der Waals surface area (Å²) in [5.74, 6) is 1.81. The molecule has 0 atom stereocenters. The Morgan fingerprint density at radius 2 is 2.14 bits per heavy atom. The largest absolute Gasteiger partial charge is 0.496 e. The zero-order valence-corrected chi connectivity index (χ0v) is 9.62. The lowest BCUT2D eigenvalue weighted by molar-refractivity contribution is 0.396. The molecule has 2 nitrogen and oxygen atoms in total. The summed E-state index contributed by atoms with van der Waals surface area (Å²) >= 11 is 1.89. The predicted octanol–water partition coefficient (Wildman–Crippen LogP) is 2.53. The lowest BCUT2D eigenvalue weighted by Gasteiger charge is -2.22. The fraction of sp³-hybridized carbons (Fsp3) is 0.636. The molecule has 1 aromatic heterocycles. The van der Waals surface area contributed by atoms with Crippen LogP contribution in [-0.2, 0) is 0 Å². The zero-order valence-electron chi connectivity index (χ0n) is 8.80. The van der Waals surface area contributed by atoms with E-state index in [2.05, 4.69) is 18.3 Å². The van der Waals surface area contributed by atoms with Crippen molar-refractivity contribution in [3.63, 3.8) is 0 Å². The van der Waals surface area contributed by atoms with Crippen LogP contribution in [0.5, 0.6) is 5.75 Å². The molecule has 78 valence electrons. The third-order valence-electron chi connectivity index (χ3n) is 2.78. The van der Waals surface area contributed by atoms with Gasteiger partial charge in [-0.25, -0.2) is 0 Å². The van der Waals surface area contributed by atoms with Gasteiger partial charge in [-0.2, -0.15) is 0 Å². The van der Waals surface area contributed by atoms with Crippen molar-refractivity contribution in [3.8, 4) is 5.75 Å². The fourth-order valence-corrected chi connectivity index (χ4v) is 3.20. The van der Waals surface area contributed by atoms with Crippen LogP contribution in [0.4, 0.5) is 0 Å². The summed E-state index contributed by atoms with van der Waals surface area (Å²) in [5, 5.41) is 3.39. The van der Waals surface area contributed by atoms with Crippen molar-refractivity contribution in [2.45, 2.75) is 25.7 Å². The van der Waals surface area contributed by atoms with Crippen LogP contribution in [0.15, 0.2) is 6.07 Å². The maximum absolute atomic E-state index is 5.41. The highest BCUT2D eigenvalue weighted by Crippen LogP contribution is 2.38. The molecule has 2 rings (SSSR count). The second-order valence-electron chi connectivity index (χ2n) is 3.81. The fourth-order valence-electron chi connectivity index (χ4n) is 2.04. The molecule has 1 saturated heterocycles. The second kappa shape index (κ2) is 4.32. The molecule has 14 heavy (non-hydrogen) atoms. The first-order valence-corrected chi connectivity index (χ1v) is 5.98. The molecule has 0 amide bonds. The molecule has 0 aromatic carbocycles. The summed E-state index contributed by atoms with van der Waals surface area (Å²) in [6, 6.07) is 2.15. The van der Waals surface area contributed by atoms with Gasteiger partial charge in [-0.15, -0.1) is 11.3 Å². The molecule has 0 spiro atoms. The number of aryl methyl sites for hydroxylation is 1.